The van der Waals surface area contributed by atoms with Gasteiger partial charge in [0.1, 0.15) is 4.83 Å². The molecule has 1 N–H and O–H groups in total. The highest BCUT2D eigenvalue weighted by Crippen LogP contribution is 2.36. The third-order valence-corrected chi connectivity index (χ3v) is 5.93. The lowest BCUT2D eigenvalue weighted by Gasteiger charge is -2.09. The molecule has 0 radical (unpaired) electrons. The molecule has 3 heterocycles. The van der Waals surface area contributed by atoms with Crippen molar-refractivity contribution in [2.45, 2.75) is 13.1 Å². The molecule has 0 unspecified atom stereocenters. The zero-order valence-corrected chi connectivity index (χ0v) is 16.8. The maximum Gasteiger partial charge on any atom is 0.416 e. The van der Waals surface area contributed by atoms with E-state index in [1.807, 2.05) is 0 Å². The van der Waals surface area contributed by atoms with Crippen LogP contribution in [0.1, 0.15) is 20.9 Å². The van der Waals surface area contributed by atoms with E-state index in [1.54, 1.807) is 37.3 Å². The molecule has 158 valence electrons. The number of nitrogens with zero attached hydrogens (tertiary/aromatic N) is 2. The summed E-state index contributed by atoms with van der Waals surface area (Å²) in [4.78, 5) is 13.8. The Morgan fingerprint density at radius 2 is 1.94 bits per heavy atom. The Bertz CT molecular complexity index is 1330. The first kappa shape index (κ1) is 19.4. The number of fused-ring (bicyclic) bond motifs is 2. The molecule has 0 fully saturated rings. The maximum atomic E-state index is 13.1. The van der Waals surface area contributed by atoms with Crippen LogP contribution in [0.2, 0.25) is 0 Å². The Morgan fingerprint density at radius 3 is 2.74 bits per heavy atom. The van der Waals surface area contributed by atoms with Gasteiger partial charge >= 0.3 is 6.18 Å². The second kappa shape index (κ2) is 7.02. The van der Waals surface area contributed by atoms with Crippen LogP contribution in [0.4, 0.5) is 18.9 Å². The number of carbonyl (C=O) groups excluding carboxylic acids is 1. The van der Waals surface area contributed by atoms with Gasteiger partial charge < -0.3 is 14.8 Å². The summed E-state index contributed by atoms with van der Waals surface area (Å²) in [6.07, 6.45) is -4.46. The Labute approximate surface area is 177 Å². The smallest absolute Gasteiger partial charge is 0.416 e. The van der Waals surface area contributed by atoms with Crippen molar-refractivity contribution in [2.75, 3.05) is 12.1 Å². The molecule has 0 bridgehead atoms. The van der Waals surface area contributed by atoms with Gasteiger partial charge in [-0.05, 0) is 43.3 Å². The minimum Gasteiger partial charge on any atom is -0.454 e. The number of nitrogens with one attached hydrogen (secondary N) is 1. The Hall–Kier alpha value is -3.53. The number of aromatic nitrogens is 2. The van der Waals surface area contributed by atoms with Gasteiger partial charge in [0.15, 0.2) is 11.5 Å². The summed E-state index contributed by atoms with van der Waals surface area (Å²) in [5.41, 5.74) is 0.676. The number of anilines is 1. The van der Waals surface area contributed by atoms with Crippen molar-refractivity contribution >= 4 is 33.1 Å². The molecule has 0 saturated carbocycles. The molecule has 6 nitrogen and oxygen atoms in total. The average Bonchev–Trinajstić information content (AvgIpc) is 3.43. The van der Waals surface area contributed by atoms with Crippen molar-refractivity contribution in [1.82, 2.24) is 9.78 Å². The first-order chi connectivity index (χ1) is 14.8. The summed E-state index contributed by atoms with van der Waals surface area (Å²) < 4.78 is 51.3. The molecule has 1 aliphatic rings. The van der Waals surface area contributed by atoms with Crippen LogP contribution in [0.15, 0.2) is 48.5 Å². The van der Waals surface area contributed by atoms with Crippen LogP contribution in [0.3, 0.4) is 0 Å². The second-order valence-corrected chi connectivity index (χ2v) is 7.93. The van der Waals surface area contributed by atoms with Gasteiger partial charge in [0.25, 0.3) is 5.91 Å². The fourth-order valence-corrected chi connectivity index (χ4v) is 4.39. The Morgan fingerprint density at radius 1 is 1.13 bits per heavy atom. The van der Waals surface area contributed by atoms with Gasteiger partial charge in [0.2, 0.25) is 6.79 Å². The molecule has 1 aliphatic heterocycles. The first-order valence-electron chi connectivity index (χ1n) is 9.17. The van der Waals surface area contributed by atoms with E-state index in [0.29, 0.717) is 38.0 Å². The fraction of sp³-hybridized carbons (Fsp3) is 0.143. The molecule has 2 aromatic carbocycles. The normalized spacial score (nSPS) is 13.0. The molecule has 0 saturated heterocycles. The van der Waals surface area contributed by atoms with Crippen molar-refractivity contribution < 1.29 is 27.4 Å². The predicted octanol–water partition coefficient (Wildman–Crippen LogP) is 5.40. The van der Waals surface area contributed by atoms with E-state index in [0.717, 1.165) is 23.5 Å². The fourth-order valence-electron chi connectivity index (χ4n) is 3.32. The molecule has 4 aromatic rings. The van der Waals surface area contributed by atoms with Crippen molar-refractivity contribution in [1.29, 1.82) is 0 Å². The summed E-state index contributed by atoms with van der Waals surface area (Å²) in [7, 11) is 0. The van der Waals surface area contributed by atoms with Crippen LogP contribution < -0.4 is 14.8 Å². The summed E-state index contributed by atoms with van der Waals surface area (Å²) in [6, 6.07) is 11.7. The Balaban J connectivity index is 1.48. The van der Waals surface area contributed by atoms with Gasteiger partial charge in [-0.2, -0.15) is 18.3 Å². The second-order valence-electron chi connectivity index (χ2n) is 6.90. The van der Waals surface area contributed by atoms with Gasteiger partial charge in [-0.15, -0.1) is 11.3 Å². The van der Waals surface area contributed by atoms with E-state index in [1.165, 1.54) is 10.7 Å². The number of alkyl halides is 3. The topological polar surface area (TPSA) is 65.4 Å². The third-order valence-electron chi connectivity index (χ3n) is 4.82. The minimum atomic E-state index is -4.46. The van der Waals surface area contributed by atoms with Crippen molar-refractivity contribution in [3.05, 3.63) is 64.7 Å². The molecule has 0 spiro atoms. The monoisotopic (exact) mass is 445 g/mol. The summed E-state index contributed by atoms with van der Waals surface area (Å²) in [5.74, 6) is 0.817. The number of benzene rings is 2. The molecule has 1 amide bonds. The van der Waals surface area contributed by atoms with Crippen LogP contribution in [0.5, 0.6) is 11.5 Å². The SMILES string of the molecule is Cc1nn(-c2cccc(C(F)(F)F)c2)c2sc(C(=O)Nc3ccc4c(c3)OCO4)cc12. The Kier molecular flexibility index (Phi) is 4.40. The van der Waals surface area contributed by atoms with Gasteiger partial charge in [-0.1, -0.05) is 6.07 Å². The van der Waals surface area contributed by atoms with Crippen molar-refractivity contribution in [2.24, 2.45) is 0 Å². The van der Waals surface area contributed by atoms with Crippen molar-refractivity contribution in [3.63, 3.8) is 0 Å². The van der Waals surface area contributed by atoms with E-state index < -0.39 is 11.7 Å². The highest BCUT2D eigenvalue weighted by Gasteiger charge is 2.31. The van der Waals surface area contributed by atoms with Crippen molar-refractivity contribution in [3.8, 4) is 17.2 Å². The minimum absolute atomic E-state index is 0.133. The lowest BCUT2D eigenvalue weighted by atomic mass is 10.2. The number of thiophene rings is 1. The number of amides is 1. The highest BCUT2D eigenvalue weighted by molar-refractivity contribution is 7.20. The largest absolute Gasteiger partial charge is 0.454 e. The standard InChI is InChI=1S/C21H14F3N3O3S/c1-11-15-9-18(19(28)25-13-5-6-16-17(8-13)30-10-29-16)31-20(15)27(26-11)14-4-2-3-12(7-14)21(22,23)24/h2-9H,10H2,1H3,(H,25,28). The lowest BCUT2D eigenvalue weighted by Crippen LogP contribution is -2.10. The zero-order valence-electron chi connectivity index (χ0n) is 16.0. The quantitative estimate of drug-likeness (QED) is 0.459. The third kappa shape index (κ3) is 3.48. The molecular weight excluding hydrogens is 431 g/mol. The number of halogens is 3. The van der Waals surface area contributed by atoms with Gasteiger partial charge in [-0.25, -0.2) is 4.68 Å². The number of rotatable bonds is 3. The number of ether oxygens (including phenoxy) is 2. The number of hydrogen-bond donors (Lipinski definition) is 1. The number of aryl methyl sites for hydroxylation is 1. The summed E-state index contributed by atoms with van der Waals surface area (Å²) in [5, 5.41) is 7.88. The van der Waals surface area contributed by atoms with Crippen LogP contribution in [-0.4, -0.2) is 22.5 Å². The molecular formula is C21H14F3N3O3S. The van der Waals surface area contributed by atoms with Gasteiger partial charge in [0.05, 0.1) is 21.8 Å². The van der Waals surface area contributed by atoms with Crippen LogP contribution in [0.25, 0.3) is 15.9 Å². The van der Waals surface area contributed by atoms with E-state index in [4.69, 9.17) is 9.47 Å². The van der Waals surface area contributed by atoms with E-state index in [2.05, 4.69) is 10.4 Å². The van der Waals surface area contributed by atoms with Crippen LogP contribution in [0, 0.1) is 6.92 Å². The van der Waals surface area contributed by atoms with E-state index >= 15 is 0 Å². The molecule has 10 heteroatoms. The summed E-state index contributed by atoms with van der Waals surface area (Å²) in [6.45, 7) is 1.88. The van der Waals surface area contributed by atoms with Crippen LogP contribution >= 0.6 is 11.3 Å². The molecule has 0 aliphatic carbocycles. The van der Waals surface area contributed by atoms with E-state index in [9.17, 15) is 18.0 Å². The average molecular weight is 445 g/mol. The number of hydrogen-bond acceptors (Lipinski definition) is 5. The summed E-state index contributed by atoms with van der Waals surface area (Å²) >= 11 is 1.16. The molecule has 0 atom stereocenters. The van der Waals surface area contributed by atoms with Gasteiger partial charge in [-0.3, -0.25) is 4.79 Å². The molecule has 2 aromatic heterocycles. The molecule has 5 rings (SSSR count). The zero-order chi connectivity index (χ0) is 21.8. The highest BCUT2D eigenvalue weighted by atomic mass is 32.1. The van der Waals surface area contributed by atoms with Crippen LogP contribution in [-0.2, 0) is 6.18 Å². The number of carbonyl (C=O) groups is 1. The van der Waals surface area contributed by atoms with E-state index in [-0.39, 0.29) is 18.4 Å². The lowest BCUT2D eigenvalue weighted by molar-refractivity contribution is -0.137. The molecule has 31 heavy (non-hydrogen) atoms. The first-order valence-corrected chi connectivity index (χ1v) is 9.99. The predicted molar refractivity (Wildman–Crippen MR) is 109 cm³/mol. The maximum absolute atomic E-state index is 13.1. The van der Waals surface area contributed by atoms with Gasteiger partial charge in [0, 0.05) is 17.1 Å².